The van der Waals surface area contributed by atoms with E-state index in [1.165, 1.54) is 0 Å². The number of methoxy groups -OCH3 is 1. The summed E-state index contributed by atoms with van der Waals surface area (Å²) in [7, 11) is 1.64. The molecule has 0 bridgehead atoms. The van der Waals surface area contributed by atoms with Crippen molar-refractivity contribution < 1.29 is 14.3 Å². The fraction of sp³-hybridized carbons (Fsp3) is 0.357. The van der Waals surface area contributed by atoms with Gasteiger partial charge in [0.25, 0.3) is 5.91 Å². The minimum absolute atomic E-state index is 0.0229. The average Bonchev–Trinajstić information content (AvgIpc) is 3.65. The molecule has 1 unspecified atom stereocenters. The van der Waals surface area contributed by atoms with Crippen LogP contribution in [-0.4, -0.2) is 28.6 Å². The predicted octanol–water partition coefficient (Wildman–Crippen LogP) is 7.26. The SMILES string of the molecule is CCCCC(CC)NC(=O)c1cc(-c2csc(COc3ccc(OC)cc3)n2)n(-c2cccs2)c1C. The van der Waals surface area contributed by atoms with Gasteiger partial charge in [-0.15, -0.1) is 22.7 Å². The van der Waals surface area contributed by atoms with Gasteiger partial charge in [0.2, 0.25) is 0 Å². The van der Waals surface area contributed by atoms with Crippen molar-refractivity contribution in [2.24, 2.45) is 0 Å². The second-order valence-corrected chi connectivity index (χ2v) is 10.5. The molecule has 0 radical (unpaired) electrons. The highest BCUT2D eigenvalue weighted by Gasteiger charge is 2.23. The molecular formula is C28H33N3O3S2. The van der Waals surface area contributed by atoms with Crippen LogP contribution < -0.4 is 14.8 Å². The maximum atomic E-state index is 13.3. The zero-order valence-electron chi connectivity index (χ0n) is 21.2. The number of aromatic nitrogens is 2. The molecule has 1 N–H and O–H groups in total. The fourth-order valence-corrected chi connectivity index (χ4v) is 5.60. The number of thiophene rings is 1. The van der Waals surface area contributed by atoms with Gasteiger partial charge < -0.3 is 19.4 Å². The number of thiazole rings is 1. The molecule has 0 spiro atoms. The van der Waals surface area contributed by atoms with E-state index in [9.17, 15) is 4.79 Å². The molecular weight excluding hydrogens is 490 g/mol. The van der Waals surface area contributed by atoms with Gasteiger partial charge in [-0.25, -0.2) is 4.98 Å². The third-order valence-electron chi connectivity index (χ3n) is 6.19. The van der Waals surface area contributed by atoms with Crippen molar-refractivity contribution in [3.8, 4) is 27.9 Å². The van der Waals surface area contributed by atoms with Crippen molar-refractivity contribution in [2.45, 2.75) is 59.1 Å². The molecule has 0 aliphatic heterocycles. The van der Waals surface area contributed by atoms with Crippen molar-refractivity contribution in [2.75, 3.05) is 7.11 Å². The first-order chi connectivity index (χ1) is 17.5. The van der Waals surface area contributed by atoms with Crippen LogP contribution >= 0.6 is 22.7 Å². The summed E-state index contributed by atoms with van der Waals surface area (Å²) in [6.45, 7) is 6.68. The molecule has 0 saturated heterocycles. The van der Waals surface area contributed by atoms with Gasteiger partial charge in [0.05, 0.1) is 29.1 Å². The lowest BCUT2D eigenvalue weighted by molar-refractivity contribution is 0.0932. The standard InChI is InChI=1S/C28H33N3O3S2/c1-5-7-9-20(6-2)29-28(32)23-16-25(31(19(23)3)27-10-8-15-35-27)24-18-36-26(30-24)17-34-22-13-11-21(33-4)12-14-22/h8,10-16,18,20H,5-7,9,17H2,1-4H3,(H,29,32). The maximum absolute atomic E-state index is 13.3. The Morgan fingerprint density at radius 3 is 2.58 bits per heavy atom. The zero-order valence-corrected chi connectivity index (χ0v) is 22.9. The van der Waals surface area contributed by atoms with E-state index in [1.807, 2.05) is 54.1 Å². The summed E-state index contributed by atoms with van der Waals surface area (Å²) in [5.74, 6) is 1.53. The summed E-state index contributed by atoms with van der Waals surface area (Å²) >= 11 is 3.20. The van der Waals surface area contributed by atoms with E-state index in [1.54, 1.807) is 29.8 Å². The Hall–Kier alpha value is -3.10. The first-order valence-electron chi connectivity index (χ1n) is 12.3. The molecule has 0 aliphatic rings. The van der Waals surface area contributed by atoms with E-state index >= 15 is 0 Å². The topological polar surface area (TPSA) is 65.4 Å². The molecule has 36 heavy (non-hydrogen) atoms. The minimum atomic E-state index is -0.0229. The third kappa shape index (κ3) is 5.99. The number of nitrogens with zero attached hydrogens (tertiary/aromatic N) is 2. The summed E-state index contributed by atoms with van der Waals surface area (Å²) in [5.41, 5.74) is 3.35. The van der Waals surface area contributed by atoms with E-state index in [0.29, 0.717) is 12.2 Å². The molecule has 1 aromatic carbocycles. The Kier molecular flexibility index (Phi) is 8.83. The molecule has 3 heterocycles. The number of ether oxygens (including phenoxy) is 2. The lowest BCUT2D eigenvalue weighted by Crippen LogP contribution is -2.34. The van der Waals surface area contributed by atoms with Crippen molar-refractivity contribution >= 4 is 28.6 Å². The van der Waals surface area contributed by atoms with Gasteiger partial charge in [-0.3, -0.25) is 4.79 Å². The van der Waals surface area contributed by atoms with Gasteiger partial charge in [-0.2, -0.15) is 0 Å². The van der Waals surface area contributed by atoms with Gasteiger partial charge in [-0.05, 0) is 67.6 Å². The molecule has 1 atom stereocenters. The molecule has 8 heteroatoms. The Bertz CT molecular complexity index is 1260. The average molecular weight is 524 g/mol. The predicted molar refractivity (Wildman–Crippen MR) is 148 cm³/mol. The van der Waals surface area contributed by atoms with E-state index in [-0.39, 0.29) is 11.9 Å². The molecule has 4 aromatic rings. The van der Waals surface area contributed by atoms with E-state index < -0.39 is 0 Å². The lowest BCUT2D eigenvalue weighted by Gasteiger charge is -2.16. The monoisotopic (exact) mass is 523 g/mol. The molecule has 3 aromatic heterocycles. The normalized spacial score (nSPS) is 11.9. The Labute approximate surface area is 220 Å². The highest BCUT2D eigenvalue weighted by molar-refractivity contribution is 7.12. The molecule has 0 fully saturated rings. The van der Waals surface area contributed by atoms with Crippen molar-refractivity contribution in [1.29, 1.82) is 0 Å². The Morgan fingerprint density at radius 2 is 1.92 bits per heavy atom. The van der Waals surface area contributed by atoms with Crippen LogP contribution in [0.15, 0.2) is 53.2 Å². The smallest absolute Gasteiger partial charge is 0.253 e. The van der Waals surface area contributed by atoms with Crippen LogP contribution in [0, 0.1) is 6.92 Å². The number of amides is 1. The third-order valence-corrected chi connectivity index (χ3v) is 7.86. The summed E-state index contributed by atoms with van der Waals surface area (Å²) < 4.78 is 13.3. The van der Waals surface area contributed by atoms with E-state index in [4.69, 9.17) is 14.5 Å². The van der Waals surface area contributed by atoms with Crippen LogP contribution in [0.25, 0.3) is 16.4 Å². The summed E-state index contributed by atoms with van der Waals surface area (Å²) in [6, 6.07) is 13.8. The minimum Gasteiger partial charge on any atom is -0.497 e. The molecule has 0 saturated carbocycles. The number of nitrogens with one attached hydrogen (secondary N) is 1. The molecule has 190 valence electrons. The number of carbonyl (C=O) groups excluding carboxylic acids is 1. The summed E-state index contributed by atoms with van der Waals surface area (Å²) in [5, 5.41) is 9.26. The van der Waals surface area contributed by atoms with Gasteiger partial charge in [0, 0.05) is 17.1 Å². The number of unbranched alkanes of at least 4 members (excludes halogenated alkanes) is 1. The van der Waals surface area contributed by atoms with Crippen LogP contribution in [0.2, 0.25) is 0 Å². The number of hydrogen-bond donors (Lipinski definition) is 1. The largest absolute Gasteiger partial charge is 0.497 e. The number of rotatable bonds is 12. The quantitative estimate of drug-likeness (QED) is 0.212. The highest BCUT2D eigenvalue weighted by atomic mass is 32.1. The van der Waals surface area contributed by atoms with Gasteiger partial charge >= 0.3 is 0 Å². The molecule has 1 amide bonds. The van der Waals surface area contributed by atoms with Crippen LogP contribution in [0.5, 0.6) is 11.5 Å². The van der Waals surface area contributed by atoms with Gasteiger partial charge in [-0.1, -0.05) is 26.7 Å². The maximum Gasteiger partial charge on any atom is 0.253 e. The van der Waals surface area contributed by atoms with Crippen molar-refractivity contribution in [3.05, 3.63) is 69.5 Å². The second kappa shape index (κ2) is 12.2. The second-order valence-electron chi connectivity index (χ2n) is 8.63. The number of benzene rings is 1. The Morgan fingerprint density at radius 1 is 1.14 bits per heavy atom. The molecule has 0 aliphatic carbocycles. The number of hydrogen-bond acceptors (Lipinski definition) is 6. The number of carbonyl (C=O) groups is 1. The summed E-state index contributed by atoms with van der Waals surface area (Å²) in [4.78, 5) is 18.2. The molecule has 4 rings (SSSR count). The van der Waals surface area contributed by atoms with Gasteiger partial charge in [0.1, 0.15) is 23.1 Å². The fourth-order valence-electron chi connectivity index (χ4n) is 4.11. The van der Waals surface area contributed by atoms with Gasteiger partial charge in [0.15, 0.2) is 0 Å². The summed E-state index contributed by atoms with van der Waals surface area (Å²) in [6.07, 6.45) is 4.16. The first-order valence-corrected chi connectivity index (χ1v) is 14.1. The van der Waals surface area contributed by atoms with Crippen LogP contribution in [-0.2, 0) is 6.61 Å². The van der Waals surface area contributed by atoms with E-state index in [0.717, 1.165) is 64.3 Å². The first kappa shape index (κ1) is 26.0. The zero-order chi connectivity index (χ0) is 25.5. The van der Waals surface area contributed by atoms with Crippen LogP contribution in [0.3, 0.4) is 0 Å². The van der Waals surface area contributed by atoms with Crippen molar-refractivity contribution in [3.63, 3.8) is 0 Å². The van der Waals surface area contributed by atoms with Crippen LogP contribution in [0.4, 0.5) is 0 Å². The van der Waals surface area contributed by atoms with Crippen LogP contribution in [0.1, 0.15) is 60.6 Å². The Balaban J connectivity index is 1.58. The van der Waals surface area contributed by atoms with Crippen molar-refractivity contribution in [1.82, 2.24) is 14.9 Å². The highest BCUT2D eigenvalue weighted by Crippen LogP contribution is 2.32. The van der Waals surface area contributed by atoms with E-state index in [2.05, 4.69) is 29.8 Å². The lowest BCUT2D eigenvalue weighted by atomic mass is 10.1. The molecule has 6 nitrogen and oxygen atoms in total.